The predicted octanol–water partition coefficient (Wildman–Crippen LogP) is 3.20. The van der Waals surface area contributed by atoms with E-state index in [1.807, 2.05) is 24.3 Å². The van der Waals surface area contributed by atoms with E-state index < -0.39 is 6.04 Å². The third-order valence-electron chi connectivity index (χ3n) is 3.27. The number of hydrogen-bond acceptors (Lipinski definition) is 4. The van der Waals surface area contributed by atoms with Gasteiger partial charge in [-0.25, -0.2) is 0 Å². The molecule has 1 amide bonds. The Kier molecular flexibility index (Phi) is 3.57. The smallest absolute Gasteiger partial charge is 0.245 e. The fraction of sp³-hybridized carbons (Fsp3) is 0.133. The van der Waals surface area contributed by atoms with Crippen LogP contribution in [0.1, 0.15) is 11.6 Å². The number of methoxy groups -OCH3 is 1. The number of nitrogens with one attached hydrogen (secondary N) is 1. The van der Waals surface area contributed by atoms with Crippen LogP contribution in [0.2, 0.25) is 0 Å². The maximum Gasteiger partial charge on any atom is 0.245 e. The van der Waals surface area contributed by atoms with E-state index in [4.69, 9.17) is 15.2 Å². The van der Waals surface area contributed by atoms with Gasteiger partial charge in [0.2, 0.25) is 5.91 Å². The number of carbonyl (C=O) groups excluding carboxylic acids is 1. The molecule has 2 aromatic rings. The molecule has 1 aliphatic heterocycles. The number of carbonyl (C=O) groups is 1. The van der Waals surface area contributed by atoms with Crippen LogP contribution in [0.25, 0.3) is 0 Å². The summed E-state index contributed by atoms with van der Waals surface area (Å²) in [5.74, 6) is 1.58. The minimum Gasteiger partial charge on any atom is -0.493 e. The van der Waals surface area contributed by atoms with Crippen molar-refractivity contribution < 1.29 is 14.3 Å². The van der Waals surface area contributed by atoms with Crippen LogP contribution < -0.4 is 20.5 Å². The van der Waals surface area contributed by atoms with E-state index in [1.54, 1.807) is 19.2 Å². The molecule has 1 atom stereocenters. The van der Waals surface area contributed by atoms with Crippen molar-refractivity contribution in [1.82, 2.24) is 0 Å². The lowest BCUT2D eigenvalue weighted by atomic mass is 10.1. The van der Waals surface area contributed by atoms with Crippen LogP contribution >= 0.6 is 15.9 Å². The van der Waals surface area contributed by atoms with Crippen LogP contribution in [0, 0.1) is 0 Å². The Morgan fingerprint density at radius 2 is 1.90 bits per heavy atom. The minimum absolute atomic E-state index is 0.216. The molecule has 2 aromatic carbocycles. The molecule has 5 nitrogen and oxygen atoms in total. The van der Waals surface area contributed by atoms with Crippen molar-refractivity contribution in [3.63, 3.8) is 0 Å². The molecule has 0 bridgehead atoms. The number of ether oxygens (including phenoxy) is 2. The van der Waals surface area contributed by atoms with Crippen molar-refractivity contribution in [2.45, 2.75) is 6.04 Å². The normalized spacial score (nSPS) is 16.3. The van der Waals surface area contributed by atoms with Gasteiger partial charge >= 0.3 is 0 Å². The summed E-state index contributed by atoms with van der Waals surface area (Å²) >= 11 is 3.44. The first-order chi connectivity index (χ1) is 10.1. The summed E-state index contributed by atoms with van der Waals surface area (Å²) in [7, 11) is 1.58. The van der Waals surface area contributed by atoms with Crippen molar-refractivity contribution >= 4 is 27.5 Å². The lowest BCUT2D eigenvalue weighted by Crippen LogP contribution is -2.19. The number of hydrogen-bond donors (Lipinski definition) is 2. The third-order valence-corrected chi connectivity index (χ3v) is 3.89. The summed E-state index contributed by atoms with van der Waals surface area (Å²) in [5, 5.41) is 2.73. The molecule has 0 saturated heterocycles. The molecule has 0 fully saturated rings. The first kappa shape index (κ1) is 13.9. The summed E-state index contributed by atoms with van der Waals surface area (Å²) in [6, 6.07) is 10.2. The molecule has 0 spiro atoms. The second kappa shape index (κ2) is 5.38. The monoisotopic (exact) mass is 348 g/mol. The number of fused-ring (bicyclic) bond motifs is 1. The van der Waals surface area contributed by atoms with Crippen molar-refractivity contribution in [3.05, 3.63) is 46.4 Å². The molecule has 0 radical (unpaired) electrons. The Morgan fingerprint density at radius 3 is 2.62 bits per heavy atom. The zero-order chi connectivity index (χ0) is 15.0. The first-order valence-corrected chi connectivity index (χ1v) is 7.10. The second-order valence-corrected chi connectivity index (χ2v) is 5.44. The van der Waals surface area contributed by atoms with Gasteiger partial charge in [0.05, 0.1) is 11.6 Å². The average Bonchev–Trinajstić information content (AvgIpc) is 2.75. The molecule has 108 valence electrons. The maximum atomic E-state index is 11.6. The van der Waals surface area contributed by atoms with Gasteiger partial charge in [-0.1, -0.05) is 12.1 Å². The van der Waals surface area contributed by atoms with Crippen LogP contribution in [0.15, 0.2) is 40.9 Å². The molecular weight excluding hydrogens is 336 g/mol. The Morgan fingerprint density at radius 1 is 1.19 bits per heavy atom. The van der Waals surface area contributed by atoms with Crippen LogP contribution in [0.5, 0.6) is 17.2 Å². The second-order valence-electron chi connectivity index (χ2n) is 4.59. The SMILES string of the molecule is COc1ccccc1Oc1cc2c(cc1Br)C(N)C(=O)N2. The summed E-state index contributed by atoms with van der Waals surface area (Å²) < 4.78 is 11.8. The van der Waals surface area contributed by atoms with E-state index in [2.05, 4.69) is 21.2 Å². The van der Waals surface area contributed by atoms with E-state index in [9.17, 15) is 4.79 Å². The minimum atomic E-state index is -0.642. The standard InChI is InChI=1S/C15H13BrN2O3/c1-20-11-4-2-3-5-12(11)21-13-7-10-8(6-9(13)16)14(17)15(19)18-10/h2-7,14H,17H2,1H3,(H,18,19). The molecule has 1 aliphatic rings. The Hall–Kier alpha value is -2.05. The van der Waals surface area contributed by atoms with Crippen LogP contribution in [-0.2, 0) is 4.79 Å². The Balaban J connectivity index is 1.98. The van der Waals surface area contributed by atoms with Crippen LogP contribution in [0.3, 0.4) is 0 Å². The van der Waals surface area contributed by atoms with E-state index in [0.29, 0.717) is 22.9 Å². The fourth-order valence-electron chi connectivity index (χ4n) is 2.19. The van der Waals surface area contributed by atoms with Gasteiger partial charge in [-0.15, -0.1) is 0 Å². The van der Waals surface area contributed by atoms with E-state index >= 15 is 0 Å². The lowest BCUT2D eigenvalue weighted by molar-refractivity contribution is -0.116. The predicted molar refractivity (Wildman–Crippen MR) is 82.8 cm³/mol. The zero-order valence-corrected chi connectivity index (χ0v) is 12.8. The number of benzene rings is 2. The number of amides is 1. The molecule has 21 heavy (non-hydrogen) atoms. The molecule has 6 heteroatoms. The quantitative estimate of drug-likeness (QED) is 0.893. The highest BCUT2D eigenvalue weighted by Crippen LogP contribution is 2.41. The van der Waals surface area contributed by atoms with Crippen molar-refractivity contribution in [3.8, 4) is 17.2 Å². The number of rotatable bonds is 3. The number of halogens is 1. The Bertz CT molecular complexity index is 718. The van der Waals surface area contributed by atoms with Gasteiger partial charge in [0.25, 0.3) is 0 Å². The summed E-state index contributed by atoms with van der Waals surface area (Å²) in [6.07, 6.45) is 0. The lowest BCUT2D eigenvalue weighted by Gasteiger charge is -2.13. The molecule has 0 saturated carbocycles. The van der Waals surface area contributed by atoms with Gasteiger partial charge in [-0.3, -0.25) is 4.79 Å². The molecule has 1 heterocycles. The van der Waals surface area contributed by atoms with Crippen molar-refractivity contribution in [2.24, 2.45) is 5.73 Å². The molecule has 3 rings (SSSR count). The molecule has 0 aromatic heterocycles. The number of nitrogens with two attached hydrogens (primary N) is 1. The molecule has 3 N–H and O–H groups in total. The number of anilines is 1. The third kappa shape index (κ3) is 2.48. The van der Waals surface area contributed by atoms with Crippen molar-refractivity contribution in [1.29, 1.82) is 0 Å². The fourth-order valence-corrected chi connectivity index (χ4v) is 2.63. The van der Waals surface area contributed by atoms with E-state index in [1.165, 1.54) is 0 Å². The van der Waals surface area contributed by atoms with Crippen LogP contribution in [0.4, 0.5) is 5.69 Å². The topological polar surface area (TPSA) is 73.6 Å². The molecule has 1 unspecified atom stereocenters. The largest absolute Gasteiger partial charge is 0.493 e. The van der Waals surface area contributed by atoms with E-state index in [-0.39, 0.29) is 5.91 Å². The molecule has 0 aliphatic carbocycles. The molecular formula is C15H13BrN2O3. The van der Waals surface area contributed by atoms with Crippen LogP contribution in [-0.4, -0.2) is 13.0 Å². The average molecular weight is 349 g/mol. The summed E-state index contributed by atoms with van der Waals surface area (Å²) in [4.78, 5) is 11.6. The van der Waals surface area contributed by atoms with E-state index in [0.717, 1.165) is 10.0 Å². The van der Waals surface area contributed by atoms with Gasteiger partial charge in [-0.2, -0.15) is 0 Å². The summed E-state index contributed by atoms with van der Waals surface area (Å²) in [6.45, 7) is 0. The first-order valence-electron chi connectivity index (χ1n) is 6.31. The maximum absolute atomic E-state index is 11.6. The van der Waals surface area contributed by atoms with Gasteiger partial charge in [-0.05, 0) is 34.1 Å². The zero-order valence-electron chi connectivity index (χ0n) is 11.2. The highest BCUT2D eigenvalue weighted by molar-refractivity contribution is 9.10. The van der Waals surface area contributed by atoms with Crippen molar-refractivity contribution in [2.75, 3.05) is 12.4 Å². The summed E-state index contributed by atoms with van der Waals surface area (Å²) in [5.41, 5.74) is 7.23. The highest BCUT2D eigenvalue weighted by atomic mass is 79.9. The van der Waals surface area contributed by atoms with Gasteiger partial charge in [0, 0.05) is 17.3 Å². The van der Waals surface area contributed by atoms with Gasteiger partial charge in [0.15, 0.2) is 11.5 Å². The Labute approximate surface area is 130 Å². The highest BCUT2D eigenvalue weighted by Gasteiger charge is 2.28. The van der Waals surface area contributed by atoms with Gasteiger partial charge < -0.3 is 20.5 Å². The van der Waals surface area contributed by atoms with Gasteiger partial charge in [0.1, 0.15) is 11.8 Å². The number of para-hydroxylation sites is 2.